The largest absolute Gasteiger partial charge is 0.340 e. The minimum absolute atomic E-state index is 0.0808. The number of oxime groups is 1. The van der Waals surface area contributed by atoms with Gasteiger partial charge in [-0.3, -0.25) is 0 Å². The first kappa shape index (κ1) is 11.9. The molecule has 19 heavy (non-hydrogen) atoms. The lowest BCUT2D eigenvalue weighted by molar-refractivity contribution is -0.140. The second kappa shape index (κ2) is 4.05. The Kier molecular flexibility index (Phi) is 2.53. The van der Waals surface area contributed by atoms with Crippen molar-refractivity contribution in [2.24, 2.45) is 34.1 Å². The number of hydrogen-bond acceptors (Lipinski definition) is 4. The van der Waals surface area contributed by atoms with Gasteiger partial charge < -0.3 is 10.6 Å². The molecule has 1 unspecified atom stereocenters. The standard InChI is InChI=1S/C15H22N2O2/c16-12(13-4-14(18)19-17-13)8-15-5-9-1-10(6-15)3-11(2-9)7-15/h9-12H,1-8,16H2. The van der Waals surface area contributed by atoms with Crippen LogP contribution in [0.4, 0.5) is 0 Å². The fourth-order valence-electron chi connectivity index (χ4n) is 5.65. The van der Waals surface area contributed by atoms with Gasteiger partial charge in [0.15, 0.2) is 0 Å². The van der Waals surface area contributed by atoms with Crippen LogP contribution in [0.3, 0.4) is 0 Å². The van der Waals surface area contributed by atoms with Crippen molar-refractivity contribution in [1.29, 1.82) is 0 Å². The molecule has 1 heterocycles. The summed E-state index contributed by atoms with van der Waals surface area (Å²) in [6, 6.07) is -0.0808. The predicted molar refractivity (Wildman–Crippen MR) is 71.3 cm³/mol. The molecule has 5 rings (SSSR count). The summed E-state index contributed by atoms with van der Waals surface area (Å²) in [6.07, 6.45) is 9.74. The molecule has 104 valence electrons. The molecular formula is C15H22N2O2. The van der Waals surface area contributed by atoms with Crippen molar-refractivity contribution in [3.8, 4) is 0 Å². The molecule has 4 aliphatic carbocycles. The van der Waals surface area contributed by atoms with Gasteiger partial charge >= 0.3 is 5.97 Å². The summed E-state index contributed by atoms with van der Waals surface area (Å²) in [5.41, 5.74) is 7.51. The van der Waals surface area contributed by atoms with Crippen LogP contribution in [0.15, 0.2) is 5.16 Å². The maximum atomic E-state index is 11.1. The topological polar surface area (TPSA) is 64.7 Å². The Morgan fingerprint density at radius 2 is 1.79 bits per heavy atom. The van der Waals surface area contributed by atoms with Crippen LogP contribution in [0, 0.1) is 23.2 Å². The van der Waals surface area contributed by atoms with Crippen molar-refractivity contribution < 1.29 is 9.63 Å². The molecule has 0 aromatic rings. The molecule has 0 spiro atoms. The van der Waals surface area contributed by atoms with Crippen LogP contribution in [0.1, 0.15) is 51.4 Å². The number of carbonyl (C=O) groups is 1. The fourth-order valence-corrected chi connectivity index (χ4v) is 5.65. The Morgan fingerprint density at radius 1 is 1.21 bits per heavy atom. The summed E-state index contributed by atoms with van der Waals surface area (Å²) in [7, 11) is 0. The SMILES string of the molecule is NC(CC12CC3CC(CC(C3)C1)C2)C1=NOC(=O)C1. The maximum Gasteiger partial charge on any atom is 0.340 e. The average molecular weight is 262 g/mol. The molecule has 0 saturated heterocycles. The van der Waals surface area contributed by atoms with E-state index < -0.39 is 0 Å². The Bertz CT molecular complexity index is 408. The summed E-state index contributed by atoms with van der Waals surface area (Å²) in [5, 5.41) is 3.86. The van der Waals surface area contributed by atoms with Gasteiger partial charge in [-0.25, -0.2) is 4.79 Å². The van der Waals surface area contributed by atoms with Gasteiger partial charge in [-0.2, -0.15) is 0 Å². The van der Waals surface area contributed by atoms with Gasteiger partial charge in [0.05, 0.1) is 12.1 Å². The van der Waals surface area contributed by atoms with Crippen molar-refractivity contribution in [2.45, 2.75) is 57.4 Å². The van der Waals surface area contributed by atoms with Crippen molar-refractivity contribution in [3.05, 3.63) is 0 Å². The highest BCUT2D eigenvalue weighted by molar-refractivity contribution is 6.04. The third-order valence-corrected chi connectivity index (χ3v) is 5.84. The van der Waals surface area contributed by atoms with Gasteiger partial charge in [0.2, 0.25) is 0 Å². The second-order valence-corrected chi connectivity index (χ2v) is 7.45. The van der Waals surface area contributed by atoms with E-state index in [1.165, 1.54) is 38.5 Å². The Hall–Kier alpha value is -0.900. The summed E-state index contributed by atoms with van der Waals surface area (Å²) in [4.78, 5) is 15.8. The highest BCUT2D eigenvalue weighted by Gasteiger charge is 2.51. The number of carbonyl (C=O) groups excluding carboxylic acids is 1. The molecule has 0 aromatic heterocycles. The van der Waals surface area contributed by atoms with Crippen molar-refractivity contribution >= 4 is 11.7 Å². The van der Waals surface area contributed by atoms with Gasteiger partial charge in [0.1, 0.15) is 0 Å². The van der Waals surface area contributed by atoms with Crippen LogP contribution in [0.2, 0.25) is 0 Å². The first-order valence-corrected chi connectivity index (χ1v) is 7.64. The van der Waals surface area contributed by atoms with Crippen LogP contribution in [-0.4, -0.2) is 17.7 Å². The smallest absolute Gasteiger partial charge is 0.323 e. The van der Waals surface area contributed by atoms with Crippen LogP contribution in [-0.2, 0) is 9.63 Å². The number of nitrogens with zero attached hydrogens (tertiary/aromatic N) is 1. The minimum atomic E-state index is -0.254. The van der Waals surface area contributed by atoms with Crippen molar-refractivity contribution in [2.75, 3.05) is 0 Å². The maximum absolute atomic E-state index is 11.1. The van der Waals surface area contributed by atoms with E-state index in [1.54, 1.807) is 0 Å². The lowest BCUT2D eigenvalue weighted by Gasteiger charge is -2.57. The first-order valence-electron chi connectivity index (χ1n) is 7.64. The zero-order valence-electron chi connectivity index (χ0n) is 11.3. The molecule has 0 amide bonds. The fraction of sp³-hybridized carbons (Fsp3) is 0.867. The van der Waals surface area contributed by atoms with E-state index in [4.69, 9.17) is 5.73 Å². The van der Waals surface area contributed by atoms with E-state index >= 15 is 0 Å². The van der Waals surface area contributed by atoms with E-state index in [-0.39, 0.29) is 12.0 Å². The monoisotopic (exact) mass is 262 g/mol. The molecule has 4 heteroatoms. The summed E-state index contributed by atoms with van der Waals surface area (Å²) in [5.74, 6) is 2.58. The molecule has 4 bridgehead atoms. The van der Waals surface area contributed by atoms with E-state index in [0.717, 1.165) is 29.9 Å². The average Bonchev–Trinajstić information content (AvgIpc) is 2.73. The number of rotatable bonds is 3. The molecule has 4 nitrogen and oxygen atoms in total. The van der Waals surface area contributed by atoms with Gasteiger partial charge in [-0.15, -0.1) is 0 Å². The Balaban J connectivity index is 1.49. The van der Waals surface area contributed by atoms with Crippen molar-refractivity contribution in [3.63, 3.8) is 0 Å². The lowest BCUT2D eigenvalue weighted by atomic mass is 9.48. The molecule has 4 fully saturated rings. The molecular weight excluding hydrogens is 240 g/mol. The van der Waals surface area contributed by atoms with E-state index in [0.29, 0.717) is 11.8 Å². The van der Waals surface area contributed by atoms with Gasteiger partial charge in [-0.1, -0.05) is 5.16 Å². The normalized spacial score (nSPS) is 45.2. The molecule has 4 saturated carbocycles. The highest BCUT2D eigenvalue weighted by atomic mass is 16.7. The van der Waals surface area contributed by atoms with Gasteiger partial charge in [0, 0.05) is 6.04 Å². The second-order valence-electron chi connectivity index (χ2n) is 7.45. The van der Waals surface area contributed by atoms with Crippen LogP contribution < -0.4 is 5.73 Å². The highest BCUT2D eigenvalue weighted by Crippen LogP contribution is 2.61. The van der Waals surface area contributed by atoms with Crippen LogP contribution in [0.25, 0.3) is 0 Å². The summed E-state index contributed by atoms with van der Waals surface area (Å²) < 4.78 is 0. The zero-order valence-corrected chi connectivity index (χ0v) is 11.3. The summed E-state index contributed by atoms with van der Waals surface area (Å²) >= 11 is 0. The lowest BCUT2D eigenvalue weighted by Crippen LogP contribution is -2.49. The van der Waals surface area contributed by atoms with E-state index in [2.05, 4.69) is 9.99 Å². The van der Waals surface area contributed by atoms with E-state index in [9.17, 15) is 4.79 Å². The third-order valence-electron chi connectivity index (χ3n) is 5.84. The molecule has 1 atom stereocenters. The minimum Gasteiger partial charge on any atom is -0.323 e. The number of hydrogen-bond donors (Lipinski definition) is 1. The zero-order chi connectivity index (χ0) is 13.0. The van der Waals surface area contributed by atoms with Gasteiger partial charge in [-0.05, 0) is 68.1 Å². The molecule has 5 aliphatic rings. The van der Waals surface area contributed by atoms with Crippen molar-refractivity contribution in [1.82, 2.24) is 0 Å². The Labute approximate surface area is 113 Å². The van der Waals surface area contributed by atoms with Crippen LogP contribution >= 0.6 is 0 Å². The number of nitrogens with two attached hydrogens (primary N) is 1. The third kappa shape index (κ3) is 2.00. The summed E-state index contributed by atoms with van der Waals surface area (Å²) in [6.45, 7) is 0. The first-order chi connectivity index (χ1) is 9.12. The Morgan fingerprint density at radius 3 is 2.26 bits per heavy atom. The molecule has 2 N–H and O–H groups in total. The predicted octanol–water partition coefficient (Wildman–Crippen LogP) is 2.22. The van der Waals surface area contributed by atoms with E-state index in [1.807, 2.05) is 0 Å². The molecule has 0 aromatic carbocycles. The molecule has 0 radical (unpaired) electrons. The van der Waals surface area contributed by atoms with Gasteiger partial charge in [0.25, 0.3) is 0 Å². The van der Waals surface area contributed by atoms with Crippen LogP contribution in [0.5, 0.6) is 0 Å². The molecule has 1 aliphatic heterocycles. The quantitative estimate of drug-likeness (QED) is 0.793.